The van der Waals surface area contributed by atoms with Gasteiger partial charge in [-0.05, 0) is 31.5 Å². The third kappa shape index (κ3) is 3.26. The number of carbonyl (C=O) groups is 2. The Bertz CT molecular complexity index is 714. The van der Waals surface area contributed by atoms with Crippen LogP contribution in [0.2, 0.25) is 0 Å². The molecule has 0 N–H and O–H groups in total. The lowest BCUT2D eigenvalue weighted by atomic mass is 9.98. The smallest absolute Gasteiger partial charge is 0.338 e. The molecule has 2 rings (SSSR count). The average molecular weight is 280 g/mol. The Morgan fingerprint density at radius 3 is 2.14 bits per heavy atom. The highest BCUT2D eigenvalue weighted by Crippen LogP contribution is 2.23. The van der Waals surface area contributed by atoms with Crippen molar-refractivity contribution in [2.24, 2.45) is 0 Å². The number of hydrogen-bond acceptors (Lipinski definition) is 3. The molecule has 3 heteroatoms. The Labute approximate surface area is 123 Å². The highest BCUT2D eigenvalue weighted by atomic mass is 16.5. The molecule has 0 saturated heterocycles. The fourth-order valence-corrected chi connectivity index (χ4v) is 1.90. The summed E-state index contributed by atoms with van der Waals surface area (Å²) < 4.78 is 5.23. The summed E-state index contributed by atoms with van der Waals surface area (Å²) in [5.74, 6) is -0.461. The van der Waals surface area contributed by atoms with E-state index in [9.17, 15) is 9.59 Å². The summed E-state index contributed by atoms with van der Waals surface area (Å²) in [6.07, 6.45) is 0. The number of esters is 1. The minimum atomic E-state index is -0.542. The van der Waals surface area contributed by atoms with Gasteiger partial charge in [0.1, 0.15) is 5.75 Å². The Kier molecular flexibility index (Phi) is 4.33. The number of rotatable bonds is 4. The van der Waals surface area contributed by atoms with Crippen molar-refractivity contribution in [3.8, 4) is 5.75 Å². The van der Waals surface area contributed by atoms with Gasteiger partial charge in [-0.3, -0.25) is 4.79 Å². The van der Waals surface area contributed by atoms with Crippen molar-refractivity contribution in [2.75, 3.05) is 0 Å². The first kappa shape index (κ1) is 14.7. The van der Waals surface area contributed by atoms with Crippen LogP contribution in [0.25, 0.3) is 0 Å². The molecule has 0 heterocycles. The van der Waals surface area contributed by atoms with Gasteiger partial charge in [-0.2, -0.15) is 0 Å². The van der Waals surface area contributed by atoms with E-state index in [1.165, 1.54) is 0 Å². The quantitative estimate of drug-likeness (QED) is 0.371. The molecular formula is C18H16O3. The molecule has 0 aliphatic carbocycles. The highest BCUT2D eigenvalue weighted by Gasteiger charge is 2.17. The van der Waals surface area contributed by atoms with Gasteiger partial charge in [0, 0.05) is 11.1 Å². The molecule has 0 bridgehead atoms. The zero-order valence-corrected chi connectivity index (χ0v) is 12.1. The standard InChI is InChI=1S/C18H16O3/c1-12(2)18(20)21-16-11-7-6-10-15(16)17(19)14-9-5-4-8-13(14)3/h4-11H,1H2,2-3H3. The predicted octanol–water partition coefficient (Wildman–Crippen LogP) is 3.71. The molecule has 0 aliphatic rings. The first-order chi connectivity index (χ1) is 10.0. The summed E-state index contributed by atoms with van der Waals surface area (Å²) in [4.78, 5) is 24.3. The van der Waals surface area contributed by atoms with Gasteiger partial charge in [0.25, 0.3) is 0 Å². The topological polar surface area (TPSA) is 43.4 Å². The largest absolute Gasteiger partial charge is 0.422 e. The lowest BCUT2D eigenvalue weighted by molar-refractivity contribution is -0.130. The van der Waals surface area contributed by atoms with Crippen LogP contribution in [0, 0.1) is 6.92 Å². The second kappa shape index (κ2) is 6.18. The Morgan fingerprint density at radius 1 is 0.952 bits per heavy atom. The van der Waals surface area contributed by atoms with Crippen LogP contribution < -0.4 is 4.74 Å². The zero-order chi connectivity index (χ0) is 15.4. The summed E-state index contributed by atoms with van der Waals surface area (Å²) in [7, 11) is 0. The van der Waals surface area contributed by atoms with Gasteiger partial charge in [0.05, 0.1) is 5.56 Å². The van der Waals surface area contributed by atoms with Crippen LogP contribution in [0.1, 0.15) is 28.4 Å². The van der Waals surface area contributed by atoms with Crippen molar-refractivity contribution in [1.82, 2.24) is 0 Å². The van der Waals surface area contributed by atoms with Crippen molar-refractivity contribution in [2.45, 2.75) is 13.8 Å². The van der Waals surface area contributed by atoms with E-state index in [2.05, 4.69) is 6.58 Å². The molecule has 3 nitrogen and oxygen atoms in total. The van der Waals surface area contributed by atoms with E-state index in [4.69, 9.17) is 4.74 Å². The third-order valence-electron chi connectivity index (χ3n) is 3.07. The lowest BCUT2D eigenvalue weighted by Gasteiger charge is -2.10. The molecule has 0 aliphatic heterocycles. The number of aryl methyl sites for hydroxylation is 1. The van der Waals surface area contributed by atoms with E-state index < -0.39 is 5.97 Å². The van der Waals surface area contributed by atoms with Gasteiger partial charge < -0.3 is 4.74 Å². The van der Waals surface area contributed by atoms with Crippen LogP contribution in [-0.2, 0) is 4.79 Å². The van der Waals surface area contributed by atoms with Crippen LogP contribution in [-0.4, -0.2) is 11.8 Å². The number of carbonyl (C=O) groups excluding carboxylic acids is 2. The molecule has 0 spiro atoms. The Morgan fingerprint density at radius 2 is 1.52 bits per heavy atom. The first-order valence-corrected chi connectivity index (χ1v) is 6.57. The van der Waals surface area contributed by atoms with Crippen molar-refractivity contribution in [3.05, 3.63) is 77.4 Å². The maximum Gasteiger partial charge on any atom is 0.338 e. The molecule has 0 fully saturated rings. The molecule has 2 aromatic rings. The van der Waals surface area contributed by atoms with Crippen LogP contribution in [0.4, 0.5) is 0 Å². The second-order valence-electron chi connectivity index (χ2n) is 4.81. The molecule has 21 heavy (non-hydrogen) atoms. The van der Waals surface area contributed by atoms with E-state index in [-0.39, 0.29) is 17.1 Å². The van der Waals surface area contributed by atoms with Gasteiger partial charge in [-0.25, -0.2) is 4.79 Å². The number of benzene rings is 2. The molecule has 2 aromatic carbocycles. The number of para-hydroxylation sites is 1. The van der Waals surface area contributed by atoms with Gasteiger partial charge in [0.15, 0.2) is 5.78 Å². The van der Waals surface area contributed by atoms with Gasteiger partial charge in [-0.1, -0.05) is 43.0 Å². The van der Waals surface area contributed by atoms with Gasteiger partial charge in [-0.15, -0.1) is 0 Å². The Hall–Kier alpha value is -2.68. The van der Waals surface area contributed by atoms with E-state index >= 15 is 0 Å². The average Bonchev–Trinajstić information content (AvgIpc) is 2.47. The maximum absolute atomic E-state index is 12.6. The summed E-state index contributed by atoms with van der Waals surface area (Å²) in [6.45, 7) is 6.97. The monoisotopic (exact) mass is 280 g/mol. The van der Waals surface area contributed by atoms with Crippen molar-refractivity contribution in [3.63, 3.8) is 0 Å². The zero-order valence-electron chi connectivity index (χ0n) is 12.1. The van der Waals surface area contributed by atoms with E-state index in [1.54, 1.807) is 37.3 Å². The van der Waals surface area contributed by atoms with Gasteiger partial charge in [0.2, 0.25) is 0 Å². The number of hydrogen-bond donors (Lipinski definition) is 0. The second-order valence-corrected chi connectivity index (χ2v) is 4.81. The van der Waals surface area contributed by atoms with Crippen LogP contribution >= 0.6 is 0 Å². The number of ether oxygens (including phenoxy) is 1. The predicted molar refractivity (Wildman–Crippen MR) is 81.5 cm³/mol. The van der Waals surface area contributed by atoms with Crippen molar-refractivity contribution < 1.29 is 14.3 Å². The van der Waals surface area contributed by atoms with Crippen LogP contribution in [0.3, 0.4) is 0 Å². The maximum atomic E-state index is 12.6. The minimum absolute atomic E-state index is 0.168. The first-order valence-electron chi connectivity index (χ1n) is 6.57. The summed E-state index contributed by atoms with van der Waals surface area (Å²) in [6, 6.07) is 14.0. The molecule has 0 amide bonds. The fourth-order valence-electron chi connectivity index (χ4n) is 1.90. The molecule has 0 unspecified atom stereocenters. The third-order valence-corrected chi connectivity index (χ3v) is 3.07. The van der Waals surface area contributed by atoms with Gasteiger partial charge >= 0.3 is 5.97 Å². The van der Waals surface area contributed by atoms with Crippen molar-refractivity contribution in [1.29, 1.82) is 0 Å². The molecule has 0 saturated carbocycles. The molecule has 0 atom stereocenters. The van der Waals surface area contributed by atoms with Crippen LogP contribution in [0.15, 0.2) is 60.7 Å². The summed E-state index contributed by atoms with van der Waals surface area (Å²) in [5, 5.41) is 0. The minimum Gasteiger partial charge on any atom is -0.422 e. The van der Waals surface area contributed by atoms with Crippen LogP contribution in [0.5, 0.6) is 5.75 Å². The van der Waals surface area contributed by atoms with Crippen molar-refractivity contribution >= 4 is 11.8 Å². The number of ketones is 1. The molecule has 0 radical (unpaired) electrons. The molecule has 0 aromatic heterocycles. The van der Waals surface area contributed by atoms with E-state index in [1.807, 2.05) is 25.1 Å². The SMILES string of the molecule is C=C(C)C(=O)Oc1ccccc1C(=O)c1ccccc1C. The lowest BCUT2D eigenvalue weighted by Crippen LogP contribution is -2.12. The summed E-state index contributed by atoms with van der Waals surface area (Å²) >= 11 is 0. The van der Waals surface area contributed by atoms with E-state index in [0.29, 0.717) is 11.1 Å². The summed E-state index contributed by atoms with van der Waals surface area (Å²) in [5.41, 5.74) is 2.12. The normalized spacial score (nSPS) is 10.0. The Balaban J connectivity index is 2.41. The molecule has 106 valence electrons. The highest BCUT2D eigenvalue weighted by molar-refractivity contribution is 6.12. The molecular weight excluding hydrogens is 264 g/mol. The van der Waals surface area contributed by atoms with E-state index in [0.717, 1.165) is 5.56 Å². The fraction of sp³-hybridized carbons (Fsp3) is 0.111.